The maximum absolute atomic E-state index is 8.67. The van der Waals surface area contributed by atoms with Crippen LogP contribution in [-0.2, 0) is 6.42 Å². The lowest BCUT2D eigenvalue weighted by Crippen LogP contribution is -2.00. The van der Waals surface area contributed by atoms with Gasteiger partial charge >= 0.3 is 0 Å². The molecule has 0 unspecified atom stereocenters. The first-order valence-corrected chi connectivity index (χ1v) is 4.79. The van der Waals surface area contributed by atoms with E-state index in [2.05, 4.69) is 6.07 Å². The number of nitriles is 1. The maximum atomic E-state index is 8.67. The summed E-state index contributed by atoms with van der Waals surface area (Å²) in [5.74, 6) is 0.883. The summed E-state index contributed by atoms with van der Waals surface area (Å²) in [5.41, 5.74) is 3.33. The first kappa shape index (κ1) is 10.6. The molecule has 0 N–H and O–H groups in total. The van der Waals surface area contributed by atoms with Gasteiger partial charge < -0.3 is 4.74 Å². The van der Waals surface area contributed by atoms with Crippen molar-refractivity contribution >= 4 is 0 Å². The highest BCUT2D eigenvalue weighted by Crippen LogP contribution is 2.26. The third kappa shape index (κ3) is 2.05. The van der Waals surface area contributed by atoms with Gasteiger partial charge in [-0.3, -0.25) is 0 Å². The van der Waals surface area contributed by atoms with Crippen LogP contribution < -0.4 is 4.74 Å². The van der Waals surface area contributed by atoms with Crippen LogP contribution >= 0.6 is 0 Å². The monoisotopic (exact) mass is 189 g/mol. The van der Waals surface area contributed by atoms with Crippen molar-refractivity contribution in [2.75, 3.05) is 6.61 Å². The van der Waals surface area contributed by atoms with Crippen molar-refractivity contribution in [3.63, 3.8) is 0 Å². The molecular weight excluding hydrogens is 174 g/mol. The maximum Gasteiger partial charge on any atom is 0.126 e. The minimum atomic E-state index is 0.413. The van der Waals surface area contributed by atoms with Crippen LogP contribution in [-0.4, -0.2) is 6.61 Å². The number of nitrogens with zero attached hydrogens (tertiary/aromatic N) is 1. The Labute approximate surface area is 85.1 Å². The number of hydrogen-bond acceptors (Lipinski definition) is 2. The van der Waals surface area contributed by atoms with Gasteiger partial charge in [0.05, 0.1) is 19.1 Å². The second kappa shape index (κ2) is 4.66. The van der Waals surface area contributed by atoms with Gasteiger partial charge in [-0.2, -0.15) is 5.26 Å². The molecule has 0 fully saturated rings. The highest BCUT2D eigenvalue weighted by Gasteiger charge is 2.08. The average Bonchev–Trinajstić information content (AvgIpc) is 2.18. The molecule has 1 aromatic carbocycles. The zero-order valence-corrected chi connectivity index (χ0v) is 8.92. The Kier molecular flexibility index (Phi) is 3.53. The predicted octanol–water partition coefficient (Wildman–Crippen LogP) is 2.77. The summed E-state index contributed by atoms with van der Waals surface area (Å²) in [6.07, 6.45) is 0.413. The predicted molar refractivity (Wildman–Crippen MR) is 56.4 cm³/mol. The highest BCUT2D eigenvalue weighted by atomic mass is 16.5. The fourth-order valence-electron chi connectivity index (χ4n) is 1.42. The zero-order valence-electron chi connectivity index (χ0n) is 8.92. The number of benzene rings is 1. The van der Waals surface area contributed by atoms with Gasteiger partial charge in [-0.15, -0.1) is 0 Å². The third-order valence-corrected chi connectivity index (χ3v) is 2.32. The van der Waals surface area contributed by atoms with Gasteiger partial charge in [-0.05, 0) is 31.9 Å². The molecule has 0 saturated carbocycles. The Balaban J connectivity index is 3.17. The van der Waals surface area contributed by atoms with Crippen LogP contribution in [0.1, 0.15) is 23.6 Å². The first-order chi connectivity index (χ1) is 6.70. The summed E-state index contributed by atoms with van der Waals surface area (Å²) >= 11 is 0. The molecule has 1 aromatic rings. The molecule has 0 saturated heterocycles. The number of ether oxygens (including phenoxy) is 1. The number of rotatable bonds is 3. The van der Waals surface area contributed by atoms with Gasteiger partial charge in [0.2, 0.25) is 0 Å². The van der Waals surface area contributed by atoms with E-state index in [0.29, 0.717) is 13.0 Å². The van der Waals surface area contributed by atoms with Crippen molar-refractivity contribution in [2.45, 2.75) is 27.2 Å². The van der Waals surface area contributed by atoms with Crippen LogP contribution in [0.2, 0.25) is 0 Å². The van der Waals surface area contributed by atoms with Gasteiger partial charge in [0.15, 0.2) is 0 Å². The molecule has 0 aliphatic heterocycles. The normalized spacial score (nSPS) is 9.57. The summed E-state index contributed by atoms with van der Waals surface area (Å²) < 4.78 is 5.55. The van der Waals surface area contributed by atoms with Crippen molar-refractivity contribution in [1.29, 1.82) is 5.26 Å². The highest BCUT2D eigenvalue weighted by molar-refractivity contribution is 5.46. The largest absolute Gasteiger partial charge is 0.493 e. The molecule has 0 heterocycles. The minimum Gasteiger partial charge on any atom is -0.493 e. The molecule has 74 valence electrons. The van der Waals surface area contributed by atoms with Crippen LogP contribution in [0.25, 0.3) is 0 Å². The zero-order chi connectivity index (χ0) is 10.6. The smallest absolute Gasteiger partial charge is 0.126 e. The van der Waals surface area contributed by atoms with Crippen molar-refractivity contribution in [3.05, 3.63) is 28.8 Å². The Morgan fingerprint density at radius 2 is 2.07 bits per heavy atom. The van der Waals surface area contributed by atoms with Crippen molar-refractivity contribution < 1.29 is 4.74 Å². The van der Waals surface area contributed by atoms with Gasteiger partial charge in [-0.1, -0.05) is 12.1 Å². The minimum absolute atomic E-state index is 0.413. The SMILES string of the molecule is CCOc1c(CC#N)ccc(C)c1C. The van der Waals surface area contributed by atoms with E-state index in [4.69, 9.17) is 10.00 Å². The molecular formula is C12H15NO. The van der Waals surface area contributed by atoms with Crippen LogP contribution in [0.5, 0.6) is 5.75 Å². The summed E-state index contributed by atoms with van der Waals surface area (Å²) in [4.78, 5) is 0. The second-order valence-electron chi connectivity index (χ2n) is 3.26. The van der Waals surface area contributed by atoms with Gasteiger partial charge in [0, 0.05) is 5.56 Å². The number of hydrogen-bond donors (Lipinski definition) is 0. The molecule has 0 aliphatic carbocycles. The molecule has 2 nitrogen and oxygen atoms in total. The van der Waals surface area contributed by atoms with Crippen molar-refractivity contribution in [3.8, 4) is 11.8 Å². The molecule has 0 aliphatic rings. The summed E-state index contributed by atoms with van der Waals surface area (Å²) in [6.45, 7) is 6.68. The van der Waals surface area contributed by atoms with E-state index < -0.39 is 0 Å². The molecule has 0 bridgehead atoms. The lowest BCUT2D eigenvalue weighted by Gasteiger charge is -2.13. The van der Waals surface area contributed by atoms with Crippen LogP contribution in [0.15, 0.2) is 12.1 Å². The van der Waals surface area contributed by atoms with Crippen molar-refractivity contribution in [1.82, 2.24) is 0 Å². The first-order valence-electron chi connectivity index (χ1n) is 4.79. The molecule has 0 amide bonds. The van der Waals surface area contributed by atoms with Gasteiger partial charge in [0.1, 0.15) is 5.75 Å². The lowest BCUT2D eigenvalue weighted by atomic mass is 10.0. The Morgan fingerprint density at radius 1 is 1.36 bits per heavy atom. The van der Waals surface area contributed by atoms with Crippen LogP contribution in [0.3, 0.4) is 0 Å². The van der Waals surface area contributed by atoms with E-state index in [1.165, 1.54) is 5.56 Å². The van der Waals surface area contributed by atoms with E-state index in [-0.39, 0.29) is 0 Å². The average molecular weight is 189 g/mol. The Morgan fingerprint density at radius 3 is 2.64 bits per heavy atom. The molecule has 0 atom stereocenters. The molecule has 1 rings (SSSR count). The van der Waals surface area contributed by atoms with E-state index in [1.54, 1.807) is 0 Å². The van der Waals surface area contributed by atoms with E-state index in [9.17, 15) is 0 Å². The summed E-state index contributed by atoms with van der Waals surface area (Å²) in [5, 5.41) is 8.67. The Bertz CT molecular complexity index is 363. The molecule has 0 radical (unpaired) electrons. The van der Waals surface area contributed by atoms with E-state index in [1.807, 2.05) is 32.9 Å². The van der Waals surface area contributed by atoms with E-state index >= 15 is 0 Å². The molecule has 0 spiro atoms. The fourth-order valence-corrected chi connectivity index (χ4v) is 1.42. The quantitative estimate of drug-likeness (QED) is 0.732. The standard InChI is InChI=1S/C12H15NO/c1-4-14-12-10(3)9(2)5-6-11(12)7-8-13/h5-6H,4,7H2,1-3H3. The fraction of sp³-hybridized carbons (Fsp3) is 0.417. The van der Waals surface area contributed by atoms with Gasteiger partial charge in [0.25, 0.3) is 0 Å². The summed E-state index contributed by atoms with van der Waals surface area (Å²) in [7, 11) is 0. The number of aryl methyl sites for hydroxylation is 1. The molecule has 2 heteroatoms. The van der Waals surface area contributed by atoms with Gasteiger partial charge in [-0.25, -0.2) is 0 Å². The topological polar surface area (TPSA) is 33.0 Å². The van der Waals surface area contributed by atoms with Crippen LogP contribution in [0, 0.1) is 25.2 Å². The summed E-state index contributed by atoms with van der Waals surface area (Å²) in [6, 6.07) is 6.15. The van der Waals surface area contributed by atoms with E-state index in [0.717, 1.165) is 16.9 Å². The molecule has 14 heavy (non-hydrogen) atoms. The molecule has 0 aromatic heterocycles. The Hall–Kier alpha value is -1.49. The second-order valence-corrected chi connectivity index (χ2v) is 3.26. The lowest BCUT2D eigenvalue weighted by molar-refractivity contribution is 0.334. The van der Waals surface area contributed by atoms with Crippen molar-refractivity contribution in [2.24, 2.45) is 0 Å². The van der Waals surface area contributed by atoms with Crippen LogP contribution in [0.4, 0.5) is 0 Å². The third-order valence-electron chi connectivity index (χ3n) is 2.32.